The molecular weight excluding hydrogens is 346 g/mol. The maximum Gasteiger partial charge on any atom is 0.335 e. The van der Waals surface area contributed by atoms with Crippen molar-refractivity contribution in [2.45, 2.75) is 5.75 Å². The lowest BCUT2D eigenvalue weighted by Gasteiger charge is -2.06. The Morgan fingerprint density at radius 3 is 1.80 bits per heavy atom. The van der Waals surface area contributed by atoms with E-state index in [-0.39, 0.29) is 22.6 Å². The highest BCUT2D eigenvalue weighted by atomic mass is 32.2. The molecule has 0 saturated carbocycles. The lowest BCUT2D eigenvalue weighted by molar-refractivity contribution is -0.113. The van der Waals surface area contributed by atoms with Gasteiger partial charge in [-0.05, 0) is 42.0 Å². The smallest absolute Gasteiger partial charge is 0.335 e. The van der Waals surface area contributed by atoms with Crippen LogP contribution in [0.25, 0.3) is 0 Å². The highest BCUT2D eigenvalue weighted by Gasteiger charge is 2.11. The average Bonchev–Trinajstić information content (AvgIpc) is 2.55. The van der Waals surface area contributed by atoms with Crippen LogP contribution in [0.5, 0.6) is 0 Å². The van der Waals surface area contributed by atoms with Gasteiger partial charge in [0, 0.05) is 22.2 Å². The minimum Gasteiger partial charge on any atom is -0.478 e. The van der Waals surface area contributed by atoms with Crippen molar-refractivity contribution in [1.82, 2.24) is 0 Å². The monoisotopic (exact) mass is 361 g/mol. The van der Waals surface area contributed by atoms with Gasteiger partial charge >= 0.3 is 11.9 Å². The predicted molar refractivity (Wildman–Crippen MR) is 92.1 cm³/mol. The Balaban J connectivity index is 1.88. The van der Waals surface area contributed by atoms with Crippen LogP contribution in [0.1, 0.15) is 26.3 Å². The van der Waals surface area contributed by atoms with Crippen LogP contribution in [0.15, 0.2) is 48.5 Å². The van der Waals surface area contributed by atoms with E-state index in [4.69, 9.17) is 10.2 Å². The van der Waals surface area contributed by atoms with Gasteiger partial charge in [-0.15, -0.1) is 0 Å². The topological polar surface area (TPSA) is 121 Å². The molecule has 3 N–H and O–H groups in total. The van der Waals surface area contributed by atoms with Crippen molar-refractivity contribution in [3.8, 4) is 0 Å². The normalized spacial score (nSPS) is 11.5. The molecule has 0 aliphatic rings. The van der Waals surface area contributed by atoms with Crippen molar-refractivity contribution in [3.05, 3.63) is 65.2 Å². The quantitative estimate of drug-likeness (QED) is 0.693. The number of aromatic carboxylic acids is 2. The minimum atomic E-state index is -1.46. The molecule has 25 heavy (non-hydrogen) atoms. The number of amides is 1. The van der Waals surface area contributed by atoms with E-state index in [1.54, 1.807) is 12.1 Å². The molecule has 2 aromatic carbocycles. The lowest BCUT2D eigenvalue weighted by atomic mass is 10.1. The van der Waals surface area contributed by atoms with E-state index in [0.717, 1.165) is 0 Å². The van der Waals surface area contributed by atoms with Crippen molar-refractivity contribution in [2.75, 3.05) is 11.1 Å². The van der Waals surface area contributed by atoms with Gasteiger partial charge < -0.3 is 15.5 Å². The van der Waals surface area contributed by atoms with Crippen molar-refractivity contribution in [3.63, 3.8) is 0 Å². The van der Waals surface area contributed by atoms with Crippen LogP contribution >= 0.6 is 0 Å². The zero-order valence-electron chi connectivity index (χ0n) is 13.0. The van der Waals surface area contributed by atoms with Crippen molar-refractivity contribution >= 4 is 34.3 Å². The second-order valence-corrected chi connectivity index (χ2v) is 6.62. The summed E-state index contributed by atoms with van der Waals surface area (Å²) in [5.74, 6) is -2.65. The van der Waals surface area contributed by atoms with E-state index in [1.165, 1.54) is 36.4 Å². The molecule has 0 bridgehead atoms. The highest BCUT2D eigenvalue weighted by Crippen LogP contribution is 2.11. The first kappa shape index (κ1) is 18.3. The number of anilines is 1. The van der Waals surface area contributed by atoms with Gasteiger partial charge in [-0.3, -0.25) is 9.00 Å². The Labute approximate surface area is 145 Å². The first-order chi connectivity index (χ1) is 11.8. The van der Waals surface area contributed by atoms with Crippen LogP contribution in [0.4, 0.5) is 5.69 Å². The van der Waals surface area contributed by atoms with Crippen LogP contribution in [0, 0.1) is 0 Å². The zero-order chi connectivity index (χ0) is 18.4. The number of hydrogen-bond donors (Lipinski definition) is 3. The molecule has 0 aliphatic carbocycles. The SMILES string of the molecule is O=C(CS(=O)Cc1ccc(C(=O)O)cc1)Nc1ccc(C(=O)O)cc1. The Morgan fingerprint density at radius 2 is 1.32 bits per heavy atom. The summed E-state index contributed by atoms with van der Waals surface area (Å²) in [4.78, 5) is 33.4. The second-order valence-electron chi connectivity index (χ2n) is 5.16. The number of hydrogen-bond acceptors (Lipinski definition) is 4. The summed E-state index contributed by atoms with van der Waals surface area (Å²) in [6, 6.07) is 11.6. The van der Waals surface area contributed by atoms with E-state index in [9.17, 15) is 18.6 Å². The van der Waals surface area contributed by atoms with Gasteiger partial charge in [-0.2, -0.15) is 0 Å². The van der Waals surface area contributed by atoms with Crippen LogP contribution in [-0.4, -0.2) is 38.0 Å². The molecule has 2 rings (SSSR count). The summed E-state index contributed by atoms with van der Waals surface area (Å²) in [6.07, 6.45) is 0. The number of rotatable bonds is 7. The standard InChI is InChI=1S/C17H15NO6S/c19-15(18-14-7-5-13(6-8-14)17(22)23)10-25(24)9-11-1-3-12(4-2-11)16(20)21/h1-8H,9-10H2,(H,18,19)(H,20,21)(H,22,23). The molecule has 0 fully saturated rings. The molecule has 7 nitrogen and oxygen atoms in total. The van der Waals surface area contributed by atoms with Gasteiger partial charge in [0.15, 0.2) is 0 Å². The molecule has 0 heterocycles. The number of carbonyl (C=O) groups excluding carboxylic acids is 1. The van der Waals surface area contributed by atoms with E-state index < -0.39 is 28.6 Å². The molecule has 130 valence electrons. The fourth-order valence-corrected chi connectivity index (χ4v) is 3.05. The van der Waals surface area contributed by atoms with Crippen LogP contribution in [0.3, 0.4) is 0 Å². The van der Waals surface area contributed by atoms with Crippen molar-refractivity contribution in [1.29, 1.82) is 0 Å². The molecule has 0 aliphatic heterocycles. The van der Waals surface area contributed by atoms with E-state index in [0.29, 0.717) is 11.3 Å². The van der Waals surface area contributed by atoms with E-state index >= 15 is 0 Å². The van der Waals surface area contributed by atoms with Gasteiger partial charge in [-0.1, -0.05) is 12.1 Å². The van der Waals surface area contributed by atoms with Gasteiger partial charge in [0.25, 0.3) is 0 Å². The fourth-order valence-electron chi connectivity index (χ4n) is 2.02. The molecule has 1 amide bonds. The minimum absolute atomic E-state index is 0.103. The number of carboxylic acids is 2. The number of carboxylic acid groups (broad SMARTS) is 2. The Kier molecular flexibility index (Phi) is 6.02. The number of nitrogens with one attached hydrogen (secondary N) is 1. The summed E-state index contributed by atoms with van der Waals surface area (Å²) in [5, 5.41) is 20.2. The third-order valence-corrected chi connectivity index (χ3v) is 4.48. The van der Waals surface area contributed by atoms with Gasteiger partial charge in [0.2, 0.25) is 5.91 Å². The molecule has 0 radical (unpaired) electrons. The first-order valence-electron chi connectivity index (χ1n) is 7.15. The first-order valence-corrected chi connectivity index (χ1v) is 8.64. The average molecular weight is 361 g/mol. The zero-order valence-corrected chi connectivity index (χ0v) is 13.8. The Morgan fingerprint density at radius 1 is 0.840 bits per heavy atom. The summed E-state index contributed by atoms with van der Waals surface area (Å²) < 4.78 is 12.0. The molecule has 0 saturated heterocycles. The van der Waals surface area contributed by atoms with Crippen LogP contribution in [0.2, 0.25) is 0 Å². The van der Waals surface area contributed by atoms with Crippen molar-refractivity contribution in [2.24, 2.45) is 0 Å². The summed E-state index contributed by atoms with van der Waals surface area (Å²) >= 11 is 0. The van der Waals surface area contributed by atoms with E-state index in [2.05, 4.69) is 5.32 Å². The molecular formula is C17H15NO6S. The molecule has 1 atom stereocenters. The maximum atomic E-state index is 12.0. The Hall–Kier alpha value is -3.00. The Bertz CT molecular complexity index is 745. The van der Waals surface area contributed by atoms with Gasteiger partial charge in [-0.25, -0.2) is 9.59 Å². The largest absolute Gasteiger partial charge is 0.478 e. The number of carbonyl (C=O) groups is 3. The van der Waals surface area contributed by atoms with Crippen molar-refractivity contribution < 1.29 is 28.8 Å². The van der Waals surface area contributed by atoms with E-state index in [1.807, 2.05) is 0 Å². The third kappa shape index (κ3) is 5.54. The summed E-state index contributed by atoms with van der Waals surface area (Å²) in [7, 11) is -1.46. The molecule has 0 spiro atoms. The molecule has 0 aromatic heterocycles. The molecule has 1 unspecified atom stereocenters. The molecule has 2 aromatic rings. The fraction of sp³-hybridized carbons (Fsp3) is 0.118. The van der Waals surface area contributed by atoms with Crippen LogP contribution < -0.4 is 5.32 Å². The molecule has 8 heteroatoms. The van der Waals surface area contributed by atoms with Crippen LogP contribution in [-0.2, 0) is 21.3 Å². The third-order valence-electron chi connectivity index (χ3n) is 3.24. The second kappa shape index (κ2) is 8.20. The summed E-state index contributed by atoms with van der Waals surface area (Å²) in [6.45, 7) is 0. The predicted octanol–water partition coefficient (Wildman–Crippen LogP) is 1.97. The van der Waals surface area contributed by atoms with Gasteiger partial charge in [0.1, 0.15) is 5.75 Å². The number of benzene rings is 2. The summed E-state index contributed by atoms with van der Waals surface area (Å²) in [5.41, 5.74) is 1.32. The van der Waals surface area contributed by atoms with Gasteiger partial charge in [0.05, 0.1) is 11.1 Å². The maximum absolute atomic E-state index is 12.0. The lowest BCUT2D eigenvalue weighted by Crippen LogP contribution is -2.20. The highest BCUT2D eigenvalue weighted by molar-refractivity contribution is 7.84.